The van der Waals surface area contributed by atoms with Gasteiger partial charge in [0, 0.05) is 46.3 Å². The maximum atomic E-state index is 4.40. The molecule has 1 aromatic heterocycles. The maximum absolute atomic E-state index is 4.40. The number of aromatic nitrogens is 3. The molecule has 8 heteroatoms. The lowest BCUT2D eigenvalue weighted by molar-refractivity contribution is 0.259. The number of hydrogen-bond acceptors (Lipinski definition) is 4. The molecule has 1 N–H and O–H groups in total. The molecule has 2 aliphatic heterocycles. The molecule has 0 aliphatic carbocycles. The summed E-state index contributed by atoms with van der Waals surface area (Å²) in [4.78, 5) is 13.5. The van der Waals surface area contributed by atoms with Crippen molar-refractivity contribution < 1.29 is 0 Å². The number of guanidine groups is 1. The standard InChI is InChI=1S/C14H23N7.HI/c1-15-14(16-9-13-17-11-18-19(13)2)21-8-5-12(10-21)20-6-3-4-7-20;/h3-4,11-12H,5-10H2,1-2H3,(H,15,16);1H. The second kappa shape index (κ2) is 7.91. The first-order valence-corrected chi connectivity index (χ1v) is 7.45. The summed E-state index contributed by atoms with van der Waals surface area (Å²) in [5.74, 6) is 1.86. The Morgan fingerprint density at radius 2 is 2.18 bits per heavy atom. The molecule has 0 amide bonds. The van der Waals surface area contributed by atoms with Crippen LogP contribution in [-0.2, 0) is 13.6 Å². The SMILES string of the molecule is CN=C(NCc1ncnn1C)N1CCC(N2CC=CC2)C1.I. The van der Waals surface area contributed by atoms with E-state index < -0.39 is 0 Å². The van der Waals surface area contributed by atoms with Crippen molar-refractivity contribution in [2.75, 3.05) is 33.2 Å². The fourth-order valence-electron chi connectivity index (χ4n) is 3.00. The molecule has 0 radical (unpaired) electrons. The lowest BCUT2D eigenvalue weighted by atomic mass is 10.2. The lowest BCUT2D eigenvalue weighted by Crippen LogP contribution is -2.42. The highest BCUT2D eigenvalue weighted by atomic mass is 127. The molecule has 1 saturated heterocycles. The zero-order valence-electron chi connectivity index (χ0n) is 13.1. The van der Waals surface area contributed by atoms with E-state index >= 15 is 0 Å². The lowest BCUT2D eigenvalue weighted by Gasteiger charge is -2.25. The van der Waals surface area contributed by atoms with Crippen molar-refractivity contribution >= 4 is 29.9 Å². The average Bonchev–Trinajstić information content (AvgIpc) is 3.20. The van der Waals surface area contributed by atoms with Crippen molar-refractivity contribution in [2.45, 2.75) is 19.0 Å². The van der Waals surface area contributed by atoms with Gasteiger partial charge in [0.05, 0.1) is 6.54 Å². The minimum absolute atomic E-state index is 0. The second-order valence-corrected chi connectivity index (χ2v) is 5.51. The van der Waals surface area contributed by atoms with Gasteiger partial charge in [-0.2, -0.15) is 5.10 Å². The van der Waals surface area contributed by atoms with E-state index in [1.54, 1.807) is 11.0 Å². The van der Waals surface area contributed by atoms with E-state index in [2.05, 4.69) is 42.3 Å². The van der Waals surface area contributed by atoms with Crippen molar-refractivity contribution in [1.82, 2.24) is 29.9 Å². The molecule has 1 unspecified atom stereocenters. The van der Waals surface area contributed by atoms with Gasteiger partial charge in [0.1, 0.15) is 12.2 Å². The molecule has 1 aromatic rings. The molecule has 1 fully saturated rings. The molecule has 0 spiro atoms. The number of halogens is 1. The minimum Gasteiger partial charge on any atom is -0.349 e. The minimum atomic E-state index is 0. The van der Waals surface area contributed by atoms with Gasteiger partial charge in [0.2, 0.25) is 0 Å². The summed E-state index contributed by atoms with van der Waals surface area (Å²) < 4.78 is 1.78. The Balaban J connectivity index is 0.00000176. The first kappa shape index (κ1) is 17.2. The zero-order valence-corrected chi connectivity index (χ0v) is 15.5. The highest BCUT2D eigenvalue weighted by Gasteiger charge is 2.29. The van der Waals surface area contributed by atoms with Crippen LogP contribution in [0.15, 0.2) is 23.5 Å². The van der Waals surface area contributed by atoms with Gasteiger partial charge >= 0.3 is 0 Å². The van der Waals surface area contributed by atoms with E-state index in [1.807, 2.05) is 14.1 Å². The van der Waals surface area contributed by atoms with Crippen LogP contribution in [-0.4, -0.2) is 69.8 Å². The first-order chi connectivity index (χ1) is 10.3. The Morgan fingerprint density at radius 3 is 2.82 bits per heavy atom. The van der Waals surface area contributed by atoms with Crippen molar-refractivity contribution in [3.8, 4) is 0 Å². The highest BCUT2D eigenvalue weighted by molar-refractivity contribution is 14.0. The molecule has 3 heterocycles. The number of aliphatic imine (C=N–C) groups is 1. The van der Waals surface area contributed by atoms with Crippen LogP contribution in [0.5, 0.6) is 0 Å². The predicted molar refractivity (Wildman–Crippen MR) is 97.3 cm³/mol. The number of nitrogens with zero attached hydrogens (tertiary/aromatic N) is 6. The second-order valence-electron chi connectivity index (χ2n) is 5.51. The van der Waals surface area contributed by atoms with Crippen LogP contribution in [0.4, 0.5) is 0 Å². The van der Waals surface area contributed by atoms with Gasteiger partial charge in [-0.05, 0) is 6.42 Å². The Morgan fingerprint density at radius 1 is 1.41 bits per heavy atom. The molecular formula is C14H24IN7. The topological polar surface area (TPSA) is 61.6 Å². The summed E-state index contributed by atoms with van der Waals surface area (Å²) in [5, 5.41) is 7.46. The first-order valence-electron chi connectivity index (χ1n) is 7.45. The molecule has 0 bridgehead atoms. The monoisotopic (exact) mass is 417 g/mol. The van der Waals surface area contributed by atoms with Crippen molar-refractivity contribution in [3.63, 3.8) is 0 Å². The van der Waals surface area contributed by atoms with Crippen LogP contribution in [0.1, 0.15) is 12.2 Å². The van der Waals surface area contributed by atoms with Crippen LogP contribution in [0.25, 0.3) is 0 Å². The summed E-state index contributed by atoms with van der Waals surface area (Å²) in [6, 6.07) is 0.633. The van der Waals surface area contributed by atoms with Crippen LogP contribution in [0.2, 0.25) is 0 Å². The van der Waals surface area contributed by atoms with E-state index in [1.165, 1.54) is 6.42 Å². The van der Waals surface area contributed by atoms with Crippen molar-refractivity contribution in [2.24, 2.45) is 12.0 Å². The van der Waals surface area contributed by atoms with E-state index in [4.69, 9.17) is 0 Å². The van der Waals surface area contributed by atoms with E-state index in [9.17, 15) is 0 Å². The number of aryl methyl sites for hydroxylation is 1. The molecular weight excluding hydrogens is 393 g/mol. The maximum Gasteiger partial charge on any atom is 0.194 e. The molecule has 122 valence electrons. The molecule has 1 atom stereocenters. The third kappa shape index (κ3) is 3.78. The summed E-state index contributed by atoms with van der Waals surface area (Å²) in [7, 11) is 3.74. The summed E-state index contributed by atoms with van der Waals surface area (Å²) in [6.07, 6.45) is 7.28. The fraction of sp³-hybridized carbons (Fsp3) is 0.643. The van der Waals surface area contributed by atoms with Crippen LogP contribution in [0, 0.1) is 0 Å². The van der Waals surface area contributed by atoms with Gasteiger partial charge in [-0.25, -0.2) is 4.98 Å². The van der Waals surface area contributed by atoms with Crippen LogP contribution in [0.3, 0.4) is 0 Å². The van der Waals surface area contributed by atoms with Crippen molar-refractivity contribution in [1.29, 1.82) is 0 Å². The van der Waals surface area contributed by atoms with Gasteiger partial charge < -0.3 is 10.2 Å². The Labute approximate surface area is 148 Å². The number of hydrogen-bond donors (Lipinski definition) is 1. The van der Waals surface area contributed by atoms with Crippen LogP contribution >= 0.6 is 24.0 Å². The molecule has 7 nitrogen and oxygen atoms in total. The Bertz CT molecular complexity index is 531. The van der Waals surface area contributed by atoms with Crippen molar-refractivity contribution in [3.05, 3.63) is 24.3 Å². The number of rotatable bonds is 3. The largest absolute Gasteiger partial charge is 0.349 e. The molecule has 22 heavy (non-hydrogen) atoms. The fourth-order valence-corrected chi connectivity index (χ4v) is 3.00. The predicted octanol–water partition coefficient (Wildman–Crippen LogP) is 0.455. The highest BCUT2D eigenvalue weighted by Crippen LogP contribution is 2.17. The smallest absolute Gasteiger partial charge is 0.194 e. The van der Waals surface area contributed by atoms with Gasteiger partial charge in [-0.1, -0.05) is 12.2 Å². The molecule has 0 saturated carbocycles. The van der Waals surface area contributed by atoms with E-state index in [0.29, 0.717) is 12.6 Å². The third-order valence-electron chi connectivity index (χ3n) is 4.25. The Kier molecular flexibility index (Phi) is 6.18. The van der Waals surface area contributed by atoms with Gasteiger partial charge in [0.15, 0.2) is 5.96 Å². The van der Waals surface area contributed by atoms with E-state index in [-0.39, 0.29) is 24.0 Å². The number of likely N-dealkylation sites (tertiary alicyclic amines) is 1. The zero-order chi connectivity index (χ0) is 14.7. The van der Waals surface area contributed by atoms with Gasteiger partial charge in [-0.3, -0.25) is 14.6 Å². The summed E-state index contributed by atoms with van der Waals surface area (Å²) in [6.45, 7) is 4.92. The van der Waals surface area contributed by atoms with Gasteiger partial charge in [0.25, 0.3) is 0 Å². The van der Waals surface area contributed by atoms with Gasteiger partial charge in [-0.15, -0.1) is 24.0 Å². The number of nitrogens with one attached hydrogen (secondary N) is 1. The van der Waals surface area contributed by atoms with Crippen LogP contribution < -0.4 is 5.32 Å². The average molecular weight is 417 g/mol. The quantitative estimate of drug-likeness (QED) is 0.335. The third-order valence-corrected chi connectivity index (χ3v) is 4.25. The Hall–Kier alpha value is -1.16. The molecule has 0 aromatic carbocycles. The normalized spacial score (nSPS) is 22.2. The molecule has 2 aliphatic rings. The summed E-state index contributed by atoms with van der Waals surface area (Å²) in [5.41, 5.74) is 0. The molecule has 3 rings (SSSR count). The van der Waals surface area contributed by atoms with E-state index in [0.717, 1.165) is 38.0 Å². The summed E-state index contributed by atoms with van der Waals surface area (Å²) >= 11 is 0.